The van der Waals surface area contributed by atoms with E-state index in [9.17, 15) is 9.59 Å². The van der Waals surface area contributed by atoms with E-state index in [4.69, 9.17) is 9.72 Å². The second kappa shape index (κ2) is 9.64. The van der Waals surface area contributed by atoms with Crippen LogP contribution >= 0.6 is 0 Å². The summed E-state index contributed by atoms with van der Waals surface area (Å²) in [6.07, 6.45) is 3.27. The Morgan fingerprint density at radius 1 is 1.21 bits per heavy atom. The van der Waals surface area contributed by atoms with E-state index in [0.717, 1.165) is 35.2 Å². The maximum atomic E-state index is 12.7. The van der Waals surface area contributed by atoms with E-state index in [1.807, 2.05) is 26.0 Å². The van der Waals surface area contributed by atoms with Crippen LogP contribution in [0.3, 0.4) is 0 Å². The number of rotatable bonds is 8. The molecule has 0 fully saturated rings. The van der Waals surface area contributed by atoms with Gasteiger partial charge in [-0.2, -0.15) is 0 Å². The molecule has 2 N–H and O–H groups in total. The minimum Gasteiger partial charge on any atom is -0.493 e. The maximum absolute atomic E-state index is 12.7. The van der Waals surface area contributed by atoms with Gasteiger partial charge >= 0.3 is 0 Å². The smallest absolute Gasteiger partial charge is 0.251 e. The van der Waals surface area contributed by atoms with Crippen LogP contribution in [0.2, 0.25) is 0 Å². The number of benzene rings is 1. The molecule has 0 saturated heterocycles. The summed E-state index contributed by atoms with van der Waals surface area (Å²) in [4.78, 5) is 29.2. The highest BCUT2D eigenvalue weighted by Crippen LogP contribution is 2.30. The third kappa shape index (κ3) is 4.92. The molecule has 0 spiro atoms. The van der Waals surface area contributed by atoms with E-state index in [-0.39, 0.29) is 11.5 Å². The Bertz CT molecular complexity index is 1360. The van der Waals surface area contributed by atoms with Gasteiger partial charge in [0.1, 0.15) is 5.75 Å². The molecule has 0 bridgehead atoms. The number of hydrogen-bond acceptors (Lipinski definition) is 6. The van der Waals surface area contributed by atoms with Crippen LogP contribution in [0, 0.1) is 6.92 Å². The number of aromatic nitrogens is 5. The zero-order valence-electron chi connectivity index (χ0n) is 18.9. The van der Waals surface area contributed by atoms with Crippen molar-refractivity contribution in [2.75, 3.05) is 13.2 Å². The highest BCUT2D eigenvalue weighted by molar-refractivity contribution is 5.99. The lowest BCUT2D eigenvalue weighted by molar-refractivity contribution is 0.0953. The number of fused-ring (bicyclic) bond motifs is 1. The molecule has 33 heavy (non-hydrogen) atoms. The van der Waals surface area contributed by atoms with Crippen molar-refractivity contribution in [2.45, 2.75) is 26.7 Å². The molecule has 3 heterocycles. The molecule has 4 rings (SSSR count). The molecule has 170 valence electrons. The van der Waals surface area contributed by atoms with Gasteiger partial charge in [0.05, 0.1) is 29.2 Å². The predicted molar refractivity (Wildman–Crippen MR) is 125 cm³/mol. The molecule has 4 aromatic rings. The van der Waals surface area contributed by atoms with Crippen molar-refractivity contribution in [1.29, 1.82) is 0 Å². The van der Waals surface area contributed by atoms with Crippen LogP contribution in [0.15, 0.2) is 47.4 Å². The molecular weight excluding hydrogens is 420 g/mol. The molecule has 9 nitrogen and oxygen atoms in total. The number of nitrogens with one attached hydrogen (secondary N) is 2. The number of nitrogens with zero attached hydrogens (tertiary/aromatic N) is 4. The Balaban J connectivity index is 1.57. The zero-order valence-corrected chi connectivity index (χ0v) is 18.9. The summed E-state index contributed by atoms with van der Waals surface area (Å²) in [6, 6.07) is 10.5. The normalized spacial score (nSPS) is 11.0. The van der Waals surface area contributed by atoms with Gasteiger partial charge in [0.25, 0.3) is 5.91 Å². The Kier molecular flexibility index (Phi) is 6.48. The van der Waals surface area contributed by atoms with Crippen LogP contribution in [0.1, 0.15) is 35.1 Å². The monoisotopic (exact) mass is 446 g/mol. The van der Waals surface area contributed by atoms with E-state index in [1.54, 1.807) is 31.4 Å². The van der Waals surface area contributed by atoms with Crippen molar-refractivity contribution in [3.8, 4) is 17.0 Å². The third-order valence-electron chi connectivity index (χ3n) is 5.43. The first kappa shape index (κ1) is 22.2. The maximum Gasteiger partial charge on any atom is 0.251 e. The van der Waals surface area contributed by atoms with Gasteiger partial charge in [0.15, 0.2) is 0 Å². The number of amides is 1. The van der Waals surface area contributed by atoms with Crippen molar-refractivity contribution in [3.63, 3.8) is 0 Å². The first-order valence-corrected chi connectivity index (χ1v) is 10.9. The lowest BCUT2D eigenvalue weighted by atomic mass is 10.1. The van der Waals surface area contributed by atoms with E-state index in [1.165, 1.54) is 10.6 Å². The first-order chi connectivity index (χ1) is 16.0. The van der Waals surface area contributed by atoms with E-state index >= 15 is 0 Å². The number of hydrogen-bond donors (Lipinski definition) is 2. The second-order valence-corrected chi connectivity index (χ2v) is 7.77. The fraction of sp³-hybridized carbons (Fsp3) is 0.292. The molecular formula is C24H26N6O3. The molecule has 9 heteroatoms. The summed E-state index contributed by atoms with van der Waals surface area (Å²) in [7, 11) is 1.70. The summed E-state index contributed by atoms with van der Waals surface area (Å²) >= 11 is 0. The Labute approximate surface area is 190 Å². The summed E-state index contributed by atoms with van der Waals surface area (Å²) in [5, 5.41) is 14.4. The summed E-state index contributed by atoms with van der Waals surface area (Å²) in [6.45, 7) is 4.85. The number of carbonyl (C=O) groups excluding carboxylic acids is 1. The first-order valence-electron chi connectivity index (χ1n) is 10.9. The minimum absolute atomic E-state index is 0.0949. The minimum atomic E-state index is -0.163. The summed E-state index contributed by atoms with van der Waals surface area (Å²) in [5.74, 6) is 0.519. The molecule has 0 unspecified atom stereocenters. The van der Waals surface area contributed by atoms with Crippen LogP contribution in [-0.2, 0) is 13.5 Å². The van der Waals surface area contributed by atoms with Crippen LogP contribution in [0.25, 0.3) is 22.2 Å². The lowest BCUT2D eigenvalue weighted by Gasteiger charge is -2.12. The highest BCUT2D eigenvalue weighted by Gasteiger charge is 2.13. The molecule has 0 atom stereocenters. The van der Waals surface area contributed by atoms with Gasteiger partial charge in [-0.05, 0) is 51.0 Å². The highest BCUT2D eigenvalue weighted by atomic mass is 16.5. The van der Waals surface area contributed by atoms with Crippen molar-refractivity contribution in [3.05, 3.63) is 69.9 Å². The molecule has 0 aliphatic rings. The largest absolute Gasteiger partial charge is 0.493 e. The fourth-order valence-electron chi connectivity index (χ4n) is 3.61. The number of aryl methyl sites for hydroxylation is 3. The Morgan fingerprint density at radius 2 is 2.06 bits per heavy atom. The molecule has 0 saturated carbocycles. The van der Waals surface area contributed by atoms with Crippen LogP contribution in [-0.4, -0.2) is 44.0 Å². The van der Waals surface area contributed by atoms with E-state index < -0.39 is 0 Å². The molecule has 0 aliphatic carbocycles. The number of aromatic amines is 1. The van der Waals surface area contributed by atoms with E-state index in [0.29, 0.717) is 35.7 Å². The zero-order chi connectivity index (χ0) is 23.4. The van der Waals surface area contributed by atoms with Crippen molar-refractivity contribution < 1.29 is 9.53 Å². The van der Waals surface area contributed by atoms with Gasteiger partial charge in [0, 0.05) is 48.4 Å². The number of pyridine rings is 2. The average molecular weight is 447 g/mol. The number of carbonyl (C=O) groups is 1. The van der Waals surface area contributed by atoms with Crippen LogP contribution in [0.4, 0.5) is 0 Å². The van der Waals surface area contributed by atoms with Gasteiger partial charge in [0.2, 0.25) is 5.56 Å². The molecule has 3 aromatic heterocycles. The summed E-state index contributed by atoms with van der Waals surface area (Å²) < 4.78 is 7.34. The number of H-pyrrole nitrogens is 1. The number of ether oxygens (including phenoxy) is 1. The van der Waals surface area contributed by atoms with Gasteiger partial charge in [-0.15, -0.1) is 5.10 Å². The van der Waals surface area contributed by atoms with Crippen molar-refractivity contribution in [1.82, 2.24) is 30.3 Å². The summed E-state index contributed by atoms with van der Waals surface area (Å²) in [5.41, 5.74) is 4.39. The predicted octanol–water partition coefficient (Wildman–Crippen LogP) is 2.79. The molecule has 1 aromatic carbocycles. The van der Waals surface area contributed by atoms with Crippen molar-refractivity contribution in [2.24, 2.45) is 7.05 Å². The quantitative estimate of drug-likeness (QED) is 0.402. The molecule has 0 radical (unpaired) electrons. The van der Waals surface area contributed by atoms with E-state index in [2.05, 4.69) is 20.7 Å². The fourth-order valence-corrected chi connectivity index (χ4v) is 3.61. The van der Waals surface area contributed by atoms with Crippen LogP contribution < -0.4 is 15.6 Å². The topological polar surface area (TPSA) is 115 Å². The van der Waals surface area contributed by atoms with Gasteiger partial charge < -0.3 is 14.6 Å². The average Bonchev–Trinajstić information content (AvgIpc) is 3.22. The lowest BCUT2D eigenvalue weighted by Crippen LogP contribution is -2.24. The van der Waals surface area contributed by atoms with Gasteiger partial charge in [-0.25, -0.2) is 4.98 Å². The third-order valence-corrected chi connectivity index (χ3v) is 5.43. The molecule has 0 aliphatic heterocycles. The standard InChI is InChI=1S/C24H26N6O3/c1-4-33-22-13-20(17-8-10-23(31)30(3)14-17)26-21-12-16(7-9-18(21)22)24(32)25-11-5-6-19-15(2)27-29-28-19/h7-10,12-14H,4-6,11H2,1-3H3,(H,25,32)(H,27,28,29). The molecule has 1 amide bonds. The Morgan fingerprint density at radius 3 is 2.79 bits per heavy atom. The second-order valence-electron chi connectivity index (χ2n) is 7.77. The van der Waals surface area contributed by atoms with Gasteiger partial charge in [-0.1, -0.05) is 5.21 Å². The SMILES string of the molecule is CCOc1cc(-c2ccc(=O)n(C)c2)nc2cc(C(=O)NCCCc3[nH]nnc3C)ccc12. The van der Waals surface area contributed by atoms with Crippen molar-refractivity contribution >= 4 is 16.8 Å². The van der Waals surface area contributed by atoms with Crippen LogP contribution in [0.5, 0.6) is 5.75 Å². The van der Waals surface area contributed by atoms with Gasteiger partial charge in [-0.3, -0.25) is 14.7 Å². The Hall–Kier alpha value is -4.01.